The van der Waals surface area contributed by atoms with Crippen LogP contribution in [0.15, 0.2) is 36.4 Å². The molecule has 1 spiro atoms. The highest BCUT2D eigenvalue weighted by Gasteiger charge is 2.58. The van der Waals surface area contributed by atoms with Gasteiger partial charge in [0, 0.05) is 37.3 Å². The van der Waals surface area contributed by atoms with Crippen LogP contribution < -0.4 is 10.6 Å². The molecule has 38 heavy (non-hydrogen) atoms. The van der Waals surface area contributed by atoms with Gasteiger partial charge in [-0.15, -0.1) is 0 Å². The van der Waals surface area contributed by atoms with Crippen LogP contribution in [0.3, 0.4) is 0 Å². The second-order valence-corrected chi connectivity index (χ2v) is 10.4. The van der Waals surface area contributed by atoms with Gasteiger partial charge in [-0.3, -0.25) is 9.59 Å². The second kappa shape index (κ2) is 9.90. The molecule has 1 unspecified atom stereocenters. The van der Waals surface area contributed by atoms with Gasteiger partial charge in [0.05, 0.1) is 5.02 Å². The standard InChI is InChI=1S/C27H28ClFN4O5/c1-15(17-4-5-17)32(13-16-3-8-22(29)21(28)11-16)23(34)14-33-24(35)27(38-26(33)37)10-9-18-12-19(6-7-20(18)27)31-25(36)30-2/h3,6-8,11-12,15,17H,4-5,9-10,13-14H2,1-2H3,(H2,30,31,36)/t15?,27-/m1/s1. The Bertz CT molecular complexity index is 1330. The van der Waals surface area contributed by atoms with Crippen LogP contribution in [0.5, 0.6) is 0 Å². The molecular formula is C27H28ClFN4O5. The molecule has 1 saturated heterocycles. The van der Waals surface area contributed by atoms with E-state index in [0.717, 1.165) is 23.3 Å². The van der Waals surface area contributed by atoms with Crippen LogP contribution in [0.1, 0.15) is 42.9 Å². The molecule has 1 saturated carbocycles. The van der Waals surface area contributed by atoms with Crippen molar-refractivity contribution in [1.82, 2.24) is 15.1 Å². The average molecular weight is 543 g/mol. The van der Waals surface area contributed by atoms with Crippen molar-refractivity contribution in [2.24, 2.45) is 5.92 Å². The van der Waals surface area contributed by atoms with Crippen molar-refractivity contribution in [2.75, 3.05) is 18.9 Å². The van der Waals surface area contributed by atoms with Crippen LogP contribution in [-0.4, -0.2) is 53.4 Å². The van der Waals surface area contributed by atoms with E-state index in [4.69, 9.17) is 16.3 Å². The highest BCUT2D eigenvalue weighted by atomic mass is 35.5. The number of imide groups is 1. The van der Waals surface area contributed by atoms with E-state index in [0.29, 0.717) is 29.2 Å². The van der Waals surface area contributed by atoms with E-state index in [9.17, 15) is 23.6 Å². The summed E-state index contributed by atoms with van der Waals surface area (Å²) in [6.45, 7) is 1.64. The van der Waals surface area contributed by atoms with Gasteiger partial charge in [0.15, 0.2) is 0 Å². The number of aryl methyl sites for hydroxylation is 1. The Hall–Kier alpha value is -3.66. The topological polar surface area (TPSA) is 108 Å². The molecule has 5 rings (SSSR count). The Balaban J connectivity index is 1.35. The summed E-state index contributed by atoms with van der Waals surface area (Å²) >= 11 is 5.94. The summed E-state index contributed by atoms with van der Waals surface area (Å²) in [5.41, 5.74) is 1.04. The van der Waals surface area contributed by atoms with Crippen LogP contribution in [0, 0.1) is 11.7 Å². The van der Waals surface area contributed by atoms with E-state index >= 15 is 0 Å². The van der Waals surface area contributed by atoms with Crippen molar-refractivity contribution >= 4 is 41.2 Å². The summed E-state index contributed by atoms with van der Waals surface area (Å²) in [5.74, 6) is -1.21. The van der Waals surface area contributed by atoms with Gasteiger partial charge in [-0.05, 0) is 67.5 Å². The van der Waals surface area contributed by atoms with E-state index < -0.39 is 35.9 Å². The minimum absolute atomic E-state index is 0.0391. The molecule has 2 aromatic carbocycles. The number of urea groups is 1. The summed E-state index contributed by atoms with van der Waals surface area (Å²) in [6.07, 6.45) is 1.81. The largest absolute Gasteiger partial charge is 0.427 e. The number of fused-ring (bicyclic) bond motifs is 2. The minimum Gasteiger partial charge on any atom is -0.427 e. The van der Waals surface area contributed by atoms with Gasteiger partial charge in [0.1, 0.15) is 12.4 Å². The first-order chi connectivity index (χ1) is 18.1. The molecule has 0 bridgehead atoms. The van der Waals surface area contributed by atoms with E-state index in [1.807, 2.05) is 6.92 Å². The lowest BCUT2D eigenvalue weighted by atomic mass is 9.94. The number of amides is 5. The molecule has 200 valence electrons. The molecule has 0 radical (unpaired) electrons. The molecule has 2 aromatic rings. The zero-order valence-corrected chi connectivity index (χ0v) is 21.8. The van der Waals surface area contributed by atoms with E-state index in [1.165, 1.54) is 19.2 Å². The third-order valence-corrected chi connectivity index (χ3v) is 7.88. The van der Waals surface area contributed by atoms with Crippen LogP contribution in [-0.2, 0) is 32.9 Å². The third-order valence-electron chi connectivity index (χ3n) is 7.59. The summed E-state index contributed by atoms with van der Waals surface area (Å²) in [5, 5.41) is 5.12. The van der Waals surface area contributed by atoms with Crippen LogP contribution in [0.2, 0.25) is 5.02 Å². The monoisotopic (exact) mass is 542 g/mol. The number of carbonyl (C=O) groups excluding carboxylic acids is 4. The minimum atomic E-state index is -1.49. The Morgan fingerprint density at radius 1 is 1.24 bits per heavy atom. The Labute approximate surface area is 224 Å². The van der Waals surface area contributed by atoms with Crippen LogP contribution in [0.4, 0.5) is 19.7 Å². The van der Waals surface area contributed by atoms with Crippen molar-refractivity contribution in [3.8, 4) is 0 Å². The lowest BCUT2D eigenvalue weighted by molar-refractivity contribution is -0.143. The van der Waals surface area contributed by atoms with Gasteiger partial charge in [-0.1, -0.05) is 23.7 Å². The highest BCUT2D eigenvalue weighted by molar-refractivity contribution is 6.30. The Morgan fingerprint density at radius 3 is 2.68 bits per heavy atom. The fraction of sp³-hybridized carbons (Fsp3) is 0.407. The summed E-state index contributed by atoms with van der Waals surface area (Å²) in [6, 6.07) is 8.85. The van der Waals surface area contributed by atoms with E-state index in [2.05, 4.69) is 10.6 Å². The number of rotatable bonds is 7. The number of halogens is 2. The molecule has 2 aliphatic carbocycles. The second-order valence-electron chi connectivity index (χ2n) is 10.0. The molecule has 1 aliphatic heterocycles. The van der Waals surface area contributed by atoms with E-state index in [-0.39, 0.29) is 30.1 Å². The summed E-state index contributed by atoms with van der Waals surface area (Å²) < 4.78 is 19.3. The van der Waals surface area contributed by atoms with Crippen molar-refractivity contribution in [3.63, 3.8) is 0 Å². The number of hydrogen-bond donors (Lipinski definition) is 2. The molecule has 9 nitrogen and oxygen atoms in total. The van der Waals surface area contributed by atoms with Gasteiger partial charge in [-0.25, -0.2) is 18.9 Å². The summed E-state index contributed by atoms with van der Waals surface area (Å²) in [4.78, 5) is 54.2. The first-order valence-corrected chi connectivity index (χ1v) is 12.9. The van der Waals surface area contributed by atoms with Crippen molar-refractivity contribution in [2.45, 2.75) is 50.8 Å². The highest BCUT2D eigenvalue weighted by Crippen LogP contribution is 2.46. The van der Waals surface area contributed by atoms with Crippen LogP contribution in [0.25, 0.3) is 0 Å². The zero-order chi connectivity index (χ0) is 27.2. The lowest BCUT2D eigenvalue weighted by Gasteiger charge is -2.31. The first-order valence-electron chi connectivity index (χ1n) is 12.5. The van der Waals surface area contributed by atoms with Gasteiger partial charge >= 0.3 is 12.1 Å². The van der Waals surface area contributed by atoms with Gasteiger partial charge in [-0.2, -0.15) is 0 Å². The smallest absolute Gasteiger partial charge is 0.418 e. The molecule has 0 aromatic heterocycles. The molecule has 1 heterocycles. The zero-order valence-electron chi connectivity index (χ0n) is 21.1. The van der Waals surface area contributed by atoms with Crippen LogP contribution >= 0.6 is 11.6 Å². The molecule has 5 amide bonds. The number of hydrogen-bond acceptors (Lipinski definition) is 5. The predicted octanol–water partition coefficient (Wildman–Crippen LogP) is 4.18. The number of nitrogens with zero attached hydrogens (tertiary/aromatic N) is 2. The summed E-state index contributed by atoms with van der Waals surface area (Å²) in [7, 11) is 1.51. The predicted molar refractivity (Wildman–Crippen MR) is 137 cm³/mol. The average Bonchev–Trinajstić information content (AvgIpc) is 3.65. The molecular weight excluding hydrogens is 515 g/mol. The fourth-order valence-electron chi connectivity index (χ4n) is 5.28. The normalized spacial score (nSPS) is 20.8. The molecule has 2 N–H and O–H groups in total. The number of benzene rings is 2. The Kier molecular flexibility index (Phi) is 6.77. The number of carbonyl (C=O) groups is 4. The fourth-order valence-corrected chi connectivity index (χ4v) is 5.48. The van der Waals surface area contributed by atoms with Gasteiger partial charge in [0.25, 0.3) is 5.91 Å². The lowest BCUT2D eigenvalue weighted by Crippen LogP contribution is -2.47. The SMILES string of the molecule is CNC(=O)Nc1ccc2c(c1)CC[C@@]21OC(=O)N(CC(=O)N(Cc2ccc(F)c(Cl)c2)C(C)C2CC2)C1=O. The number of nitrogens with one attached hydrogen (secondary N) is 2. The Morgan fingerprint density at radius 2 is 2.00 bits per heavy atom. The molecule has 11 heteroatoms. The number of ether oxygens (including phenoxy) is 1. The van der Waals surface area contributed by atoms with Gasteiger partial charge < -0.3 is 20.3 Å². The molecule has 2 fully saturated rings. The maximum Gasteiger partial charge on any atom is 0.418 e. The first kappa shape index (κ1) is 26.0. The molecule has 3 aliphatic rings. The van der Waals surface area contributed by atoms with Crippen molar-refractivity contribution < 1.29 is 28.3 Å². The van der Waals surface area contributed by atoms with Gasteiger partial charge in [0.2, 0.25) is 11.5 Å². The quantitative estimate of drug-likeness (QED) is 0.546. The van der Waals surface area contributed by atoms with E-state index in [1.54, 1.807) is 29.2 Å². The maximum atomic E-state index is 13.7. The van der Waals surface area contributed by atoms with Crippen molar-refractivity contribution in [1.29, 1.82) is 0 Å². The number of anilines is 1. The third kappa shape index (κ3) is 4.69. The maximum absolute atomic E-state index is 13.7. The molecule has 2 atom stereocenters. The van der Waals surface area contributed by atoms with Crippen molar-refractivity contribution in [3.05, 3.63) is 63.9 Å².